The van der Waals surface area contributed by atoms with Crippen molar-refractivity contribution >= 4 is 28.5 Å². The van der Waals surface area contributed by atoms with Crippen molar-refractivity contribution < 1.29 is 19.3 Å². The van der Waals surface area contributed by atoms with Crippen molar-refractivity contribution in [3.8, 4) is 0 Å². The Labute approximate surface area is 136 Å². The van der Waals surface area contributed by atoms with E-state index in [4.69, 9.17) is 0 Å². The summed E-state index contributed by atoms with van der Waals surface area (Å²) in [4.78, 5) is 23.8. The van der Waals surface area contributed by atoms with Gasteiger partial charge in [-0.15, -0.1) is 0 Å². The summed E-state index contributed by atoms with van der Waals surface area (Å²) in [6.45, 7) is -0.0774. The number of aliphatic hydroxyl groups is 1. The lowest BCUT2D eigenvalue weighted by molar-refractivity contribution is -0.136. The van der Waals surface area contributed by atoms with Gasteiger partial charge in [0.05, 0.1) is 11.8 Å². The van der Waals surface area contributed by atoms with Crippen LogP contribution < -0.4 is 10.6 Å². The summed E-state index contributed by atoms with van der Waals surface area (Å²) in [5.74, 6) is -1.73. The molecule has 0 aliphatic rings. The smallest absolute Gasteiger partial charge is 0.313 e. The Morgan fingerprint density at radius 2 is 1.83 bits per heavy atom. The second-order valence-corrected chi connectivity index (χ2v) is 5.03. The molecule has 0 saturated carbocycles. The largest absolute Gasteiger partial charge is 0.387 e. The van der Waals surface area contributed by atoms with E-state index in [1.54, 1.807) is 42.5 Å². The van der Waals surface area contributed by atoms with Crippen molar-refractivity contribution in [1.29, 1.82) is 0 Å². The Kier molecular flexibility index (Phi) is 4.48. The van der Waals surface area contributed by atoms with Gasteiger partial charge in [0.1, 0.15) is 5.52 Å². The molecule has 122 valence electrons. The zero-order chi connectivity index (χ0) is 16.9. The number of carbonyl (C=O) groups excluding carboxylic acids is 2. The fourth-order valence-electron chi connectivity index (χ4n) is 2.15. The first-order chi connectivity index (χ1) is 11.6. The van der Waals surface area contributed by atoms with Gasteiger partial charge in [-0.2, -0.15) is 0 Å². The van der Waals surface area contributed by atoms with Gasteiger partial charge in [0, 0.05) is 6.54 Å². The Hall–Kier alpha value is -3.26. The van der Waals surface area contributed by atoms with E-state index in [9.17, 15) is 14.7 Å². The molecule has 8 nitrogen and oxygen atoms in total. The first kappa shape index (κ1) is 15.6. The van der Waals surface area contributed by atoms with Crippen LogP contribution in [0, 0.1) is 0 Å². The molecular formula is C16H14N4O4. The van der Waals surface area contributed by atoms with Crippen molar-refractivity contribution in [3.05, 3.63) is 54.1 Å². The van der Waals surface area contributed by atoms with E-state index in [0.29, 0.717) is 22.3 Å². The highest BCUT2D eigenvalue weighted by atomic mass is 16.6. The summed E-state index contributed by atoms with van der Waals surface area (Å²) in [5.41, 5.74) is 1.78. The number of hydrogen-bond donors (Lipinski definition) is 3. The van der Waals surface area contributed by atoms with Crippen LogP contribution in [0.3, 0.4) is 0 Å². The normalized spacial score (nSPS) is 11.9. The van der Waals surface area contributed by atoms with Gasteiger partial charge in [0.2, 0.25) is 0 Å². The lowest BCUT2D eigenvalue weighted by atomic mass is 10.1. The second-order valence-electron chi connectivity index (χ2n) is 5.03. The molecule has 3 rings (SSSR count). The highest BCUT2D eigenvalue weighted by Gasteiger charge is 2.17. The Balaban J connectivity index is 1.59. The lowest BCUT2D eigenvalue weighted by Crippen LogP contribution is -2.37. The summed E-state index contributed by atoms with van der Waals surface area (Å²) in [5, 5.41) is 22.1. The summed E-state index contributed by atoms with van der Waals surface area (Å²) in [7, 11) is 0. The molecule has 1 atom stereocenters. The number of hydrogen-bond acceptors (Lipinski definition) is 6. The van der Waals surface area contributed by atoms with E-state index in [2.05, 4.69) is 25.6 Å². The van der Waals surface area contributed by atoms with Crippen molar-refractivity contribution in [2.75, 3.05) is 11.9 Å². The van der Waals surface area contributed by atoms with E-state index >= 15 is 0 Å². The van der Waals surface area contributed by atoms with Crippen LogP contribution in [0.1, 0.15) is 11.7 Å². The van der Waals surface area contributed by atoms with Crippen molar-refractivity contribution in [3.63, 3.8) is 0 Å². The summed E-state index contributed by atoms with van der Waals surface area (Å²) in [6.07, 6.45) is -0.897. The average Bonchev–Trinajstić information content (AvgIpc) is 3.10. The molecule has 0 radical (unpaired) electrons. The molecule has 2 aromatic carbocycles. The number of amides is 2. The minimum Gasteiger partial charge on any atom is -0.387 e. The first-order valence-electron chi connectivity index (χ1n) is 7.18. The topological polar surface area (TPSA) is 117 Å². The number of anilines is 1. The zero-order valence-electron chi connectivity index (χ0n) is 12.5. The monoisotopic (exact) mass is 326 g/mol. The maximum atomic E-state index is 11.9. The number of rotatable bonds is 4. The van der Waals surface area contributed by atoms with Crippen LogP contribution in [-0.2, 0) is 9.59 Å². The lowest BCUT2D eigenvalue weighted by Gasteiger charge is -2.12. The Morgan fingerprint density at radius 1 is 1.04 bits per heavy atom. The van der Waals surface area contributed by atoms with Crippen molar-refractivity contribution in [2.45, 2.75) is 6.10 Å². The van der Waals surface area contributed by atoms with E-state index < -0.39 is 17.9 Å². The van der Waals surface area contributed by atoms with Crippen molar-refractivity contribution in [1.82, 2.24) is 15.6 Å². The van der Waals surface area contributed by atoms with Crippen LogP contribution in [0.2, 0.25) is 0 Å². The van der Waals surface area contributed by atoms with Gasteiger partial charge in [-0.25, -0.2) is 4.63 Å². The molecule has 3 aromatic rings. The Bertz CT molecular complexity index is 863. The summed E-state index contributed by atoms with van der Waals surface area (Å²) in [6, 6.07) is 13.7. The molecule has 0 fully saturated rings. The SMILES string of the molecule is O=C(NCC(O)c1ccccc1)C(=O)Nc1cccc2nonc12. The maximum absolute atomic E-state index is 11.9. The van der Waals surface area contributed by atoms with Gasteiger partial charge < -0.3 is 15.7 Å². The van der Waals surface area contributed by atoms with E-state index in [0.717, 1.165) is 0 Å². The van der Waals surface area contributed by atoms with E-state index in [1.165, 1.54) is 0 Å². The van der Waals surface area contributed by atoms with Crippen LogP contribution in [0.5, 0.6) is 0 Å². The molecule has 0 bridgehead atoms. The fourth-order valence-corrected chi connectivity index (χ4v) is 2.15. The van der Waals surface area contributed by atoms with Crippen LogP contribution >= 0.6 is 0 Å². The molecule has 3 N–H and O–H groups in total. The number of nitrogens with one attached hydrogen (secondary N) is 2. The van der Waals surface area contributed by atoms with Crippen LogP contribution in [0.25, 0.3) is 11.0 Å². The van der Waals surface area contributed by atoms with Gasteiger partial charge in [-0.3, -0.25) is 9.59 Å². The molecule has 2 amide bonds. The minimum absolute atomic E-state index is 0.0774. The number of nitrogens with zero attached hydrogens (tertiary/aromatic N) is 2. The van der Waals surface area contributed by atoms with Crippen LogP contribution in [0.4, 0.5) is 5.69 Å². The van der Waals surface area contributed by atoms with E-state index in [-0.39, 0.29) is 6.54 Å². The average molecular weight is 326 g/mol. The molecule has 8 heteroatoms. The van der Waals surface area contributed by atoms with Gasteiger partial charge in [0.25, 0.3) is 0 Å². The molecule has 1 unspecified atom stereocenters. The van der Waals surface area contributed by atoms with Gasteiger partial charge in [-0.05, 0) is 28.0 Å². The van der Waals surface area contributed by atoms with Gasteiger partial charge >= 0.3 is 11.8 Å². The standard InChI is InChI=1S/C16H14N4O4/c21-13(10-5-2-1-3-6-10)9-17-15(22)16(23)18-11-7-4-8-12-14(11)20-24-19-12/h1-8,13,21H,9H2,(H,17,22)(H,18,23). The highest BCUT2D eigenvalue weighted by molar-refractivity contribution is 6.40. The molecule has 0 spiro atoms. The first-order valence-corrected chi connectivity index (χ1v) is 7.18. The molecule has 0 saturated heterocycles. The number of fused-ring (bicyclic) bond motifs is 1. The molecule has 1 aromatic heterocycles. The number of aliphatic hydroxyl groups excluding tert-OH is 1. The third-order valence-corrected chi connectivity index (χ3v) is 3.38. The van der Waals surface area contributed by atoms with E-state index in [1.807, 2.05) is 6.07 Å². The molecule has 1 heterocycles. The van der Waals surface area contributed by atoms with Crippen LogP contribution in [-0.4, -0.2) is 33.8 Å². The zero-order valence-corrected chi connectivity index (χ0v) is 12.5. The fraction of sp³-hybridized carbons (Fsp3) is 0.125. The second kappa shape index (κ2) is 6.88. The number of aromatic nitrogens is 2. The summed E-state index contributed by atoms with van der Waals surface area (Å²) >= 11 is 0. The Morgan fingerprint density at radius 3 is 2.62 bits per heavy atom. The molecule has 0 aliphatic heterocycles. The predicted octanol–water partition coefficient (Wildman–Crippen LogP) is 1.01. The van der Waals surface area contributed by atoms with Gasteiger partial charge in [-0.1, -0.05) is 36.4 Å². The minimum atomic E-state index is -0.897. The molecule has 24 heavy (non-hydrogen) atoms. The maximum Gasteiger partial charge on any atom is 0.313 e. The van der Waals surface area contributed by atoms with Crippen molar-refractivity contribution in [2.24, 2.45) is 0 Å². The number of carbonyl (C=O) groups is 2. The number of benzene rings is 2. The van der Waals surface area contributed by atoms with Crippen LogP contribution in [0.15, 0.2) is 53.2 Å². The molecular weight excluding hydrogens is 312 g/mol. The quantitative estimate of drug-likeness (QED) is 0.616. The third-order valence-electron chi connectivity index (χ3n) is 3.38. The molecule has 0 aliphatic carbocycles. The third kappa shape index (κ3) is 3.39. The van der Waals surface area contributed by atoms with Gasteiger partial charge in [0.15, 0.2) is 5.52 Å². The highest BCUT2D eigenvalue weighted by Crippen LogP contribution is 2.19. The summed E-state index contributed by atoms with van der Waals surface area (Å²) < 4.78 is 4.59. The predicted molar refractivity (Wildman–Crippen MR) is 84.8 cm³/mol.